The van der Waals surface area contributed by atoms with Crippen molar-refractivity contribution in [2.75, 3.05) is 39.5 Å². The highest BCUT2D eigenvalue weighted by atomic mass is 127. The van der Waals surface area contributed by atoms with Gasteiger partial charge in [-0.25, -0.2) is 0 Å². The topological polar surface area (TPSA) is 54.9 Å². The third-order valence-corrected chi connectivity index (χ3v) is 3.79. The standard InChI is InChI=1S/C16H29N3O2.HI/c1-2-17-16(19-15-6-3-4-7-15)18-9-5-10-20-12-14-8-11-21-13-14;/h3-4,14-15H,2,5-13H2,1H3,(H2,17,18,19);1H. The molecule has 0 aromatic rings. The minimum atomic E-state index is 0. The van der Waals surface area contributed by atoms with E-state index in [1.54, 1.807) is 0 Å². The van der Waals surface area contributed by atoms with Crippen LogP contribution in [0.25, 0.3) is 0 Å². The van der Waals surface area contributed by atoms with E-state index in [0.717, 1.165) is 71.2 Å². The maximum atomic E-state index is 5.69. The zero-order valence-corrected chi connectivity index (χ0v) is 15.9. The van der Waals surface area contributed by atoms with Gasteiger partial charge < -0.3 is 20.1 Å². The lowest BCUT2D eigenvalue weighted by Gasteiger charge is -2.16. The lowest BCUT2D eigenvalue weighted by molar-refractivity contribution is 0.0893. The first-order chi connectivity index (χ1) is 10.4. The van der Waals surface area contributed by atoms with Gasteiger partial charge >= 0.3 is 0 Å². The van der Waals surface area contributed by atoms with E-state index in [1.807, 2.05) is 0 Å². The molecular weight excluding hydrogens is 393 g/mol. The van der Waals surface area contributed by atoms with Gasteiger partial charge in [0.15, 0.2) is 5.96 Å². The van der Waals surface area contributed by atoms with Crippen molar-refractivity contribution in [1.82, 2.24) is 10.6 Å². The van der Waals surface area contributed by atoms with Gasteiger partial charge in [0.1, 0.15) is 0 Å². The van der Waals surface area contributed by atoms with E-state index in [4.69, 9.17) is 9.47 Å². The molecule has 6 heteroatoms. The van der Waals surface area contributed by atoms with Gasteiger partial charge in [-0.05, 0) is 32.6 Å². The molecule has 1 atom stereocenters. The molecule has 0 bridgehead atoms. The fraction of sp³-hybridized carbons (Fsp3) is 0.812. The molecule has 22 heavy (non-hydrogen) atoms. The summed E-state index contributed by atoms with van der Waals surface area (Å²) >= 11 is 0. The monoisotopic (exact) mass is 423 g/mol. The molecule has 1 unspecified atom stereocenters. The molecule has 1 saturated heterocycles. The predicted molar refractivity (Wildman–Crippen MR) is 101 cm³/mol. The van der Waals surface area contributed by atoms with E-state index in [-0.39, 0.29) is 24.0 Å². The average Bonchev–Trinajstić information content (AvgIpc) is 3.16. The zero-order chi connectivity index (χ0) is 14.8. The Hall–Kier alpha value is -0.340. The Bertz CT molecular complexity index is 336. The van der Waals surface area contributed by atoms with Crippen LogP contribution in [0.1, 0.15) is 32.6 Å². The van der Waals surface area contributed by atoms with Gasteiger partial charge in [-0.2, -0.15) is 0 Å². The van der Waals surface area contributed by atoms with Crippen LogP contribution in [-0.4, -0.2) is 51.5 Å². The summed E-state index contributed by atoms with van der Waals surface area (Å²) in [4.78, 5) is 4.61. The molecule has 0 aromatic heterocycles. The number of halogens is 1. The number of nitrogens with one attached hydrogen (secondary N) is 2. The fourth-order valence-electron chi connectivity index (χ4n) is 2.57. The van der Waals surface area contributed by atoms with Crippen LogP contribution in [0, 0.1) is 5.92 Å². The summed E-state index contributed by atoms with van der Waals surface area (Å²) < 4.78 is 11.0. The fourth-order valence-corrected chi connectivity index (χ4v) is 2.57. The highest BCUT2D eigenvalue weighted by molar-refractivity contribution is 14.0. The van der Waals surface area contributed by atoms with Crippen molar-refractivity contribution in [3.8, 4) is 0 Å². The SMILES string of the molecule is CCNC(=NCCCOCC1CCOC1)NC1CC=CC1.I. The Kier molecular flexibility index (Phi) is 10.9. The smallest absolute Gasteiger partial charge is 0.191 e. The van der Waals surface area contributed by atoms with Gasteiger partial charge in [0.05, 0.1) is 13.2 Å². The van der Waals surface area contributed by atoms with E-state index >= 15 is 0 Å². The molecule has 0 spiro atoms. The molecule has 1 aliphatic heterocycles. The molecule has 1 heterocycles. The van der Waals surface area contributed by atoms with Crippen LogP contribution in [0.2, 0.25) is 0 Å². The number of nitrogens with zero attached hydrogens (tertiary/aromatic N) is 1. The summed E-state index contributed by atoms with van der Waals surface area (Å²) in [7, 11) is 0. The average molecular weight is 423 g/mol. The van der Waals surface area contributed by atoms with E-state index in [0.29, 0.717) is 12.0 Å². The first kappa shape index (κ1) is 19.7. The molecule has 0 aromatic carbocycles. The maximum Gasteiger partial charge on any atom is 0.191 e. The van der Waals surface area contributed by atoms with Crippen LogP contribution in [0.4, 0.5) is 0 Å². The normalized spacial score (nSPS) is 21.9. The highest BCUT2D eigenvalue weighted by Gasteiger charge is 2.15. The summed E-state index contributed by atoms with van der Waals surface area (Å²) in [5.41, 5.74) is 0. The van der Waals surface area contributed by atoms with Crippen LogP contribution in [-0.2, 0) is 9.47 Å². The van der Waals surface area contributed by atoms with Crippen molar-refractivity contribution in [1.29, 1.82) is 0 Å². The summed E-state index contributed by atoms with van der Waals surface area (Å²) in [5.74, 6) is 1.53. The van der Waals surface area contributed by atoms with Gasteiger partial charge in [-0.15, -0.1) is 24.0 Å². The quantitative estimate of drug-likeness (QED) is 0.207. The molecule has 0 saturated carbocycles. The molecule has 2 aliphatic rings. The van der Waals surface area contributed by atoms with Crippen molar-refractivity contribution in [2.45, 2.75) is 38.6 Å². The lowest BCUT2D eigenvalue weighted by Crippen LogP contribution is -2.42. The Balaban J connectivity index is 0.00000242. The van der Waals surface area contributed by atoms with Crippen LogP contribution in [0.5, 0.6) is 0 Å². The molecule has 128 valence electrons. The van der Waals surface area contributed by atoms with E-state index in [2.05, 4.69) is 34.7 Å². The Labute approximate surface area is 151 Å². The van der Waals surface area contributed by atoms with Gasteiger partial charge in [0.2, 0.25) is 0 Å². The molecule has 2 rings (SSSR count). The zero-order valence-electron chi connectivity index (χ0n) is 13.6. The number of guanidine groups is 1. The van der Waals surface area contributed by atoms with Gasteiger partial charge in [-0.1, -0.05) is 12.2 Å². The number of ether oxygens (including phenoxy) is 2. The molecule has 2 N–H and O–H groups in total. The Morgan fingerprint density at radius 3 is 2.86 bits per heavy atom. The Morgan fingerprint density at radius 2 is 2.18 bits per heavy atom. The van der Waals surface area contributed by atoms with E-state index in [9.17, 15) is 0 Å². The first-order valence-electron chi connectivity index (χ1n) is 8.23. The lowest BCUT2D eigenvalue weighted by atomic mass is 10.1. The minimum absolute atomic E-state index is 0. The van der Waals surface area contributed by atoms with E-state index in [1.165, 1.54) is 0 Å². The van der Waals surface area contributed by atoms with Crippen LogP contribution in [0.15, 0.2) is 17.1 Å². The number of aliphatic imine (C=N–C) groups is 1. The van der Waals surface area contributed by atoms with Crippen molar-refractivity contribution in [3.63, 3.8) is 0 Å². The molecule has 0 amide bonds. The number of rotatable bonds is 8. The second-order valence-electron chi connectivity index (χ2n) is 5.70. The third-order valence-electron chi connectivity index (χ3n) is 3.79. The van der Waals surface area contributed by atoms with E-state index < -0.39 is 0 Å². The van der Waals surface area contributed by atoms with Crippen molar-refractivity contribution >= 4 is 29.9 Å². The van der Waals surface area contributed by atoms with Crippen LogP contribution < -0.4 is 10.6 Å². The predicted octanol–water partition coefficient (Wildman–Crippen LogP) is 2.32. The van der Waals surface area contributed by atoms with Gasteiger partial charge in [0.25, 0.3) is 0 Å². The molecule has 5 nitrogen and oxygen atoms in total. The second kappa shape index (κ2) is 12.1. The molecular formula is C16H30IN3O2. The minimum Gasteiger partial charge on any atom is -0.381 e. The van der Waals surface area contributed by atoms with Crippen molar-refractivity contribution < 1.29 is 9.47 Å². The van der Waals surface area contributed by atoms with Crippen molar-refractivity contribution in [2.24, 2.45) is 10.9 Å². The molecule has 0 radical (unpaired) electrons. The maximum absolute atomic E-state index is 5.69. The van der Waals surface area contributed by atoms with Crippen LogP contribution in [0.3, 0.4) is 0 Å². The summed E-state index contributed by atoms with van der Waals surface area (Å²) in [6.07, 6.45) is 8.74. The summed E-state index contributed by atoms with van der Waals surface area (Å²) in [6.45, 7) is 7.16. The summed E-state index contributed by atoms with van der Waals surface area (Å²) in [5, 5.41) is 6.77. The third kappa shape index (κ3) is 7.78. The first-order valence-corrected chi connectivity index (χ1v) is 8.23. The van der Waals surface area contributed by atoms with Crippen LogP contribution >= 0.6 is 24.0 Å². The molecule has 1 aliphatic carbocycles. The Morgan fingerprint density at radius 1 is 1.36 bits per heavy atom. The second-order valence-corrected chi connectivity index (χ2v) is 5.70. The molecule has 1 fully saturated rings. The van der Waals surface area contributed by atoms with Crippen molar-refractivity contribution in [3.05, 3.63) is 12.2 Å². The highest BCUT2D eigenvalue weighted by Crippen LogP contribution is 2.12. The van der Waals surface area contributed by atoms with Gasteiger partial charge in [0, 0.05) is 38.3 Å². The number of hydrogen-bond donors (Lipinski definition) is 2. The summed E-state index contributed by atoms with van der Waals surface area (Å²) in [6, 6.07) is 0.501. The number of hydrogen-bond acceptors (Lipinski definition) is 3. The van der Waals surface area contributed by atoms with Gasteiger partial charge in [-0.3, -0.25) is 4.99 Å². The largest absolute Gasteiger partial charge is 0.381 e.